The summed E-state index contributed by atoms with van der Waals surface area (Å²) in [6.45, 7) is 2.16. The van der Waals surface area contributed by atoms with Gasteiger partial charge in [-0.3, -0.25) is 0 Å². The van der Waals surface area contributed by atoms with E-state index in [2.05, 4.69) is 17.4 Å². The summed E-state index contributed by atoms with van der Waals surface area (Å²) in [6.07, 6.45) is 1.36. The van der Waals surface area contributed by atoms with Crippen molar-refractivity contribution in [1.82, 2.24) is 9.88 Å². The van der Waals surface area contributed by atoms with Crippen LogP contribution in [0, 0.1) is 6.92 Å². The third-order valence-electron chi connectivity index (χ3n) is 6.64. The lowest BCUT2D eigenvalue weighted by molar-refractivity contribution is -0.139. The van der Waals surface area contributed by atoms with Gasteiger partial charge in [-0.1, -0.05) is 66.7 Å². The number of amides is 1. The van der Waals surface area contributed by atoms with Crippen LogP contribution in [-0.2, 0) is 23.0 Å². The molecule has 1 heterocycles. The van der Waals surface area contributed by atoms with Crippen molar-refractivity contribution in [2.24, 2.45) is 7.05 Å². The van der Waals surface area contributed by atoms with Gasteiger partial charge in [-0.2, -0.15) is 0 Å². The maximum absolute atomic E-state index is 12.6. The first-order valence-electron chi connectivity index (χ1n) is 11.3. The van der Waals surface area contributed by atoms with Crippen molar-refractivity contribution >= 4 is 23.0 Å². The average Bonchev–Trinajstić information content (AvgIpc) is 3.32. The predicted molar refractivity (Wildman–Crippen MR) is 131 cm³/mol. The molecular weight excluding hydrogens is 428 g/mol. The number of carbonyl (C=O) groups excluding carboxylic acids is 1. The molecule has 1 aromatic heterocycles. The van der Waals surface area contributed by atoms with E-state index in [9.17, 15) is 14.7 Å². The Kier molecular flexibility index (Phi) is 5.57. The molecule has 0 spiro atoms. The molecule has 0 radical (unpaired) electrons. The Balaban J connectivity index is 1.30. The van der Waals surface area contributed by atoms with Crippen LogP contribution in [0.25, 0.3) is 22.0 Å². The summed E-state index contributed by atoms with van der Waals surface area (Å²) in [7, 11) is 1.94. The maximum Gasteiger partial charge on any atom is 0.407 e. The van der Waals surface area contributed by atoms with Crippen LogP contribution in [0.1, 0.15) is 28.2 Å². The fourth-order valence-electron chi connectivity index (χ4n) is 5.12. The summed E-state index contributed by atoms with van der Waals surface area (Å²) in [6, 6.07) is 21.0. The van der Waals surface area contributed by atoms with E-state index in [4.69, 9.17) is 4.74 Å². The van der Waals surface area contributed by atoms with Crippen molar-refractivity contribution in [3.05, 3.63) is 95.2 Å². The quantitative estimate of drug-likeness (QED) is 0.429. The fraction of sp³-hybridized carbons (Fsp3) is 0.214. The van der Waals surface area contributed by atoms with Crippen molar-refractivity contribution in [2.75, 3.05) is 6.61 Å². The summed E-state index contributed by atoms with van der Waals surface area (Å²) >= 11 is 0. The number of carboxylic acids is 1. The van der Waals surface area contributed by atoms with E-state index < -0.39 is 18.1 Å². The number of hydrogen-bond acceptors (Lipinski definition) is 3. The van der Waals surface area contributed by atoms with Gasteiger partial charge in [0.15, 0.2) is 0 Å². The van der Waals surface area contributed by atoms with Gasteiger partial charge in [0.05, 0.1) is 5.52 Å². The van der Waals surface area contributed by atoms with Gasteiger partial charge in [-0.25, -0.2) is 9.59 Å². The van der Waals surface area contributed by atoms with Crippen LogP contribution in [0.5, 0.6) is 0 Å². The highest BCUT2D eigenvalue weighted by Crippen LogP contribution is 2.44. The number of ether oxygens (including phenoxy) is 1. The van der Waals surface area contributed by atoms with Gasteiger partial charge in [-0.15, -0.1) is 0 Å². The number of aromatic nitrogens is 1. The summed E-state index contributed by atoms with van der Waals surface area (Å²) in [5, 5.41) is 13.3. The average molecular weight is 455 g/mol. The standard InChI is InChI=1S/C28H26N2O4/c1-17-8-7-13-19-18(15-30(2)26(17)19)14-25(27(31)32)29-28(33)34-16-24-22-11-5-3-9-20(22)21-10-4-6-12-23(21)24/h3-13,15,24-25H,14,16H2,1-2H3,(H,29,33)(H,31,32)/t25-/m0/s1. The number of aryl methyl sites for hydroxylation is 2. The Morgan fingerprint density at radius 2 is 1.65 bits per heavy atom. The molecule has 0 saturated carbocycles. The lowest BCUT2D eigenvalue weighted by Crippen LogP contribution is -2.42. The van der Waals surface area contributed by atoms with E-state index in [1.165, 1.54) is 0 Å². The zero-order valence-electron chi connectivity index (χ0n) is 19.1. The van der Waals surface area contributed by atoms with Gasteiger partial charge >= 0.3 is 12.1 Å². The molecule has 0 unspecified atom stereocenters. The number of para-hydroxylation sites is 1. The smallest absolute Gasteiger partial charge is 0.407 e. The molecule has 0 fully saturated rings. The summed E-state index contributed by atoms with van der Waals surface area (Å²) < 4.78 is 7.54. The van der Waals surface area contributed by atoms with E-state index in [0.29, 0.717) is 0 Å². The van der Waals surface area contributed by atoms with Gasteiger partial charge < -0.3 is 19.7 Å². The molecule has 1 aliphatic rings. The van der Waals surface area contributed by atoms with Gasteiger partial charge in [0.1, 0.15) is 12.6 Å². The van der Waals surface area contributed by atoms with E-state index in [-0.39, 0.29) is 18.9 Å². The largest absolute Gasteiger partial charge is 0.480 e. The Hall–Kier alpha value is -4.06. The number of nitrogens with one attached hydrogen (secondary N) is 1. The molecule has 34 heavy (non-hydrogen) atoms. The van der Waals surface area contributed by atoms with E-state index in [1.54, 1.807) is 0 Å². The second kappa shape index (κ2) is 8.71. The topological polar surface area (TPSA) is 80.6 Å². The number of rotatable bonds is 6. The number of hydrogen-bond donors (Lipinski definition) is 2. The molecule has 1 atom stereocenters. The normalized spacial score (nSPS) is 13.4. The lowest BCUT2D eigenvalue weighted by atomic mass is 9.98. The first-order valence-corrected chi connectivity index (χ1v) is 11.3. The Labute approximate surface area is 197 Å². The van der Waals surface area contributed by atoms with Gasteiger partial charge in [-0.05, 0) is 40.3 Å². The monoisotopic (exact) mass is 454 g/mol. The second-order valence-corrected chi connectivity index (χ2v) is 8.80. The number of benzene rings is 3. The van der Waals surface area contributed by atoms with Crippen molar-refractivity contribution in [1.29, 1.82) is 0 Å². The van der Waals surface area contributed by atoms with Gasteiger partial charge in [0, 0.05) is 31.0 Å². The van der Waals surface area contributed by atoms with Crippen LogP contribution in [0.15, 0.2) is 72.9 Å². The molecule has 1 amide bonds. The number of carbonyl (C=O) groups is 2. The number of fused-ring (bicyclic) bond motifs is 4. The van der Waals surface area contributed by atoms with Crippen LogP contribution in [0.3, 0.4) is 0 Å². The van der Waals surface area contributed by atoms with Crippen LogP contribution in [0.4, 0.5) is 4.79 Å². The number of nitrogens with zero attached hydrogens (tertiary/aromatic N) is 1. The number of carboxylic acid groups (broad SMARTS) is 1. The molecule has 2 N–H and O–H groups in total. The van der Waals surface area contributed by atoms with Crippen LogP contribution in [0.2, 0.25) is 0 Å². The highest BCUT2D eigenvalue weighted by molar-refractivity contribution is 5.88. The summed E-state index contributed by atoms with van der Waals surface area (Å²) in [5.74, 6) is -1.18. The van der Waals surface area contributed by atoms with Crippen LogP contribution >= 0.6 is 0 Å². The third-order valence-corrected chi connectivity index (χ3v) is 6.64. The number of alkyl carbamates (subject to hydrolysis) is 1. The van der Waals surface area contributed by atoms with Crippen molar-refractivity contribution in [3.63, 3.8) is 0 Å². The second-order valence-electron chi connectivity index (χ2n) is 8.80. The molecule has 0 saturated heterocycles. The minimum absolute atomic E-state index is 0.0810. The third kappa shape index (κ3) is 3.81. The molecule has 0 bridgehead atoms. The first-order chi connectivity index (χ1) is 16.4. The highest BCUT2D eigenvalue weighted by Gasteiger charge is 2.30. The number of aliphatic carboxylic acids is 1. The molecular formula is C28H26N2O4. The minimum Gasteiger partial charge on any atom is -0.480 e. The molecule has 6 heteroatoms. The maximum atomic E-state index is 12.6. The Bertz CT molecular complexity index is 1360. The van der Waals surface area contributed by atoms with E-state index in [0.717, 1.165) is 44.3 Å². The molecule has 3 aromatic carbocycles. The zero-order chi connectivity index (χ0) is 23.8. The lowest BCUT2D eigenvalue weighted by Gasteiger charge is -2.17. The van der Waals surface area contributed by atoms with E-state index in [1.807, 2.05) is 79.3 Å². The Morgan fingerprint density at radius 1 is 1.00 bits per heavy atom. The molecule has 6 nitrogen and oxygen atoms in total. The molecule has 5 rings (SSSR count). The Morgan fingerprint density at radius 3 is 2.29 bits per heavy atom. The van der Waals surface area contributed by atoms with Crippen LogP contribution in [-0.4, -0.2) is 34.4 Å². The molecule has 4 aromatic rings. The minimum atomic E-state index is -1.10. The molecule has 1 aliphatic carbocycles. The van der Waals surface area contributed by atoms with E-state index >= 15 is 0 Å². The zero-order valence-corrected chi connectivity index (χ0v) is 19.1. The SMILES string of the molecule is Cc1cccc2c(C[C@H](NC(=O)OCC3c4ccccc4-c4ccccc43)C(=O)O)cn(C)c12. The highest BCUT2D eigenvalue weighted by atomic mass is 16.5. The van der Waals surface area contributed by atoms with Crippen molar-refractivity contribution in [2.45, 2.75) is 25.3 Å². The van der Waals surface area contributed by atoms with Gasteiger partial charge in [0.2, 0.25) is 0 Å². The first kappa shape index (κ1) is 21.8. The summed E-state index contributed by atoms with van der Waals surface area (Å²) in [4.78, 5) is 24.6. The molecule has 0 aliphatic heterocycles. The predicted octanol–water partition coefficient (Wildman–Crippen LogP) is 5.02. The van der Waals surface area contributed by atoms with Gasteiger partial charge in [0.25, 0.3) is 0 Å². The van der Waals surface area contributed by atoms with Crippen LogP contribution < -0.4 is 5.32 Å². The van der Waals surface area contributed by atoms with Crippen molar-refractivity contribution < 1.29 is 19.4 Å². The fourth-order valence-corrected chi connectivity index (χ4v) is 5.12. The summed E-state index contributed by atoms with van der Waals surface area (Å²) in [5.41, 5.74) is 7.54. The molecule has 172 valence electrons. The van der Waals surface area contributed by atoms with Crippen molar-refractivity contribution in [3.8, 4) is 11.1 Å².